The molecule has 1 saturated carbocycles. The molecule has 1 heterocycles. The summed E-state index contributed by atoms with van der Waals surface area (Å²) < 4.78 is 0.938. The number of benzene rings is 2. The molecule has 0 bridgehead atoms. The van der Waals surface area contributed by atoms with E-state index >= 15 is 0 Å². The highest BCUT2D eigenvalue weighted by molar-refractivity contribution is 9.10. The van der Waals surface area contributed by atoms with E-state index in [4.69, 9.17) is 0 Å². The van der Waals surface area contributed by atoms with E-state index in [1.807, 2.05) is 54.6 Å². The summed E-state index contributed by atoms with van der Waals surface area (Å²) in [5.74, 6) is 0.622. The molecule has 35 heavy (non-hydrogen) atoms. The van der Waals surface area contributed by atoms with Crippen LogP contribution in [0.4, 0.5) is 5.69 Å². The van der Waals surface area contributed by atoms with E-state index in [1.54, 1.807) is 0 Å². The molecule has 1 aliphatic heterocycles. The van der Waals surface area contributed by atoms with Gasteiger partial charge < -0.3 is 16.0 Å². The van der Waals surface area contributed by atoms with Gasteiger partial charge in [-0.15, -0.1) is 0 Å². The number of nitrogens with one attached hydrogen (secondary N) is 3. The summed E-state index contributed by atoms with van der Waals surface area (Å²) in [6.07, 6.45) is 4.53. The van der Waals surface area contributed by atoms with Gasteiger partial charge in [-0.2, -0.15) is 10.5 Å². The number of allylic oxidation sites excluding steroid dienone is 2. The molecule has 0 radical (unpaired) electrons. The third-order valence-electron chi connectivity index (χ3n) is 6.39. The van der Waals surface area contributed by atoms with Crippen LogP contribution in [0, 0.1) is 28.1 Å². The van der Waals surface area contributed by atoms with Gasteiger partial charge in [-0.05, 0) is 42.7 Å². The van der Waals surface area contributed by atoms with E-state index in [2.05, 4.69) is 44.0 Å². The van der Waals surface area contributed by atoms with E-state index in [0.717, 1.165) is 42.1 Å². The number of anilines is 1. The molecule has 0 aromatic heterocycles. The number of halogens is 1. The maximum absolute atomic E-state index is 12.7. The van der Waals surface area contributed by atoms with E-state index < -0.39 is 5.41 Å². The highest BCUT2D eigenvalue weighted by Gasteiger charge is 2.46. The van der Waals surface area contributed by atoms with Crippen LogP contribution >= 0.6 is 27.7 Å². The molecule has 4 rings (SSSR count). The van der Waals surface area contributed by atoms with Crippen molar-refractivity contribution in [2.24, 2.45) is 5.41 Å². The third-order valence-corrected chi connectivity index (χ3v) is 7.92. The molecule has 0 unspecified atom stereocenters. The predicted octanol–water partition coefficient (Wildman–Crippen LogP) is 5.93. The summed E-state index contributed by atoms with van der Waals surface area (Å²) in [6.45, 7) is 0.550. The molecule has 178 valence electrons. The van der Waals surface area contributed by atoms with Crippen molar-refractivity contribution in [1.29, 1.82) is 10.5 Å². The number of amides is 1. The number of nitriles is 2. The van der Waals surface area contributed by atoms with Crippen molar-refractivity contribution in [2.75, 3.05) is 11.1 Å². The molecule has 1 amide bonds. The van der Waals surface area contributed by atoms with E-state index in [9.17, 15) is 15.3 Å². The molecular formula is C27H26BrN5OS. The highest BCUT2D eigenvalue weighted by atomic mass is 79.9. The molecule has 2 aromatic rings. The number of nitrogens with zero attached hydrogens (tertiary/aromatic N) is 2. The monoisotopic (exact) mass is 547 g/mol. The topological polar surface area (TPSA) is 101 Å². The Morgan fingerprint density at radius 1 is 1.00 bits per heavy atom. The van der Waals surface area contributed by atoms with Gasteiger partial charge in [-0.25, -0.2) is 0 Å². The Balaban J connectivity index is 1.57. The molecule has 6 nitrogen and oxygen atoms in total. The summed E-state index contributed by atoms with van der Waals surface area (Å²) >= 11 is 4.70. The molecule has 0 atom stereocenters. The van der Waals surface area contributed by atoms with Crippen LogP contribution in [0.5, 0.6) is 0 Å². The van der Waals surface area contributed by atoms with Gasteiger partial charge in [0.05, 0.1) is 34.1 Å². The van der Waals surface area contributed by atoms with E-state index in [1.165, 1.54) is 11.8 Å². The summed E-state index contributed by atoms with van der Waals surface area (Å²) in [5.41, 5.74) is 2.35. The lowest BCUT2D eigenvalue weighted by atomic mass is 9.64. The molecule has 2 aliphatic rings. The zero-order valence-corrected chi connectivity index (χ0v) is 21.6. The molecule has 1 spiro atoms. The first-order chi connectivity index (χ1) is 17.1. The highest BCUT2D eigenvalue weighted by Crippen LogP contribution is 2.52. The standard InChI is InChI=1S/C27H26BrN5OS/c28-20-9-11-21(12-10-20)32-24(34)18-35-26-23(16-30)27(13-5-2-6-14-27)22(15-29)25(33-26)31-17-19-7-3-1-4-8-19/h1,3-4,7-12,31,33H,2,5-6,13-14,17-18H2,(H,32,34). The van der Waals surface area contributed by atoms with Crippen LogP contribution in [-0.4, -0.2) is 11.7 Å². The average Bonchev–Trinajstić information content (AvgIpc) is 2.88. The summed E-state index contributed by atoms with van der Waals surface area (Å²) in [4.78, 5) is 12.7. The Morgan fingerprint density at radius 2 is 1.69 bits per heavy atom. The third kappa shape index (κ3) is 5.73. The van der Waals surface area contributed by atoms with Gasteiger partial charge in [-0.1, -0.05) is 77.3 Å². The molecule has 1 aliphatic carbocycles. The first kappa shape index (κ1) is 24.9. The van der Waals surface area contributed by atoms with Crippen LogP contribution in [0.15, 0.2) is 81.1 Å². The lowest BCUT2D eigenvalue weighted by Crippen LogP contribution is -2.41. The SMILES string of the molecule is N#CC1=C(NCc2ccccc2)NC(SCC(=O)Nc2ccc(Br)cc2)=C(C#N)C12CCCCC2. The molecule has 8 heteroatoms. The zero-order valence-electron chi connectivity index (χ0n) is 19.2. The maximum atomic E-state index is 12.7. The second kappa shape index (κ2) is 11.5. The van der Waals surface area contributed by atoms with Crippen molar-refractivity contribution in [2.45, 2.75) is 38.6 Å². The number of hydrogen-bond acceptors (Lipinski definition) is 6. The van der Waals surface area contributed by atoms with Gasteiger partial charge >= 0.3 is 0 Å². The Kier molecular flexibility index (Phi) is 8.17. The van der Waals surface area contributed by atoms with Gasteiger partial charge in [0.2, 0.25) is 5.91 Å². The van der Waals surface area contributed by atoms with Crippen molar-refractivity contribution in [1.82, 2.24) is 10.6 Å². The van der Waals surface area contributed by atoms with Crippen LogP contribution in [0.3, 0.4) is 0 Å². The Bertz CT molecular complexity index is 1220. The number of hydrogen-bond donors (Lipinski definition) is 3. The number of carbonyl (C=O) groups is 1. The minimum atomic E-state index is -0.615. The van der Waals surface area contributed by atoms with Crippen LogP contribution in [0.25, 0.3) is 0 Å². The molecule has 3 N–H and O–H groups in total. The molecular weight excluding hydrogens is 522 g/mol. The van der Waals surface area contributed by atoms with Gasteiger partial charge in [0, 0.05) is 22.1 Å². The lowest BCUT2D eigenvalue weighted by molar-refractivity contribution is -0.113. The summed E-state index contributed by atoms with van der Waals surface area (Å²) in [6, 6.07) is 22.2. The molecule has 1 fully saturated rings. The Hall–Kier alpha value is -3.20. The maximum Gasteiger partial charge on any atom is 0.234 e. The minimum Gasteiger partial charge on any atom is -0.367 e. The van der Waals surface area contributed by atoms with Gasteiger partial charge in [0.1, 0.15) is 5.82 Å². The summed E-state index contributed by atoms with van der Waals surface area (Å²) in [5, 5.41) is 30.6. The summed E-state index contributed by atoms with van der Waals surface area (Å²) in [7, 11) is 0. The second-order valence-corrected chi connectivity index (χ2v) is 10.5. The zero-order chi connectivity index (χ0) is 24.7. The number of thioether (sulfide) groups is 1. The lowest BCUT2D eigenvalue weighted by Gasteiger charge is -2.41. The first-order valence-electron chi connectivity index (χ1n) is 11.6. The van der Waals surface area contributed by atoms with E-state index in [0.29, 0.717) is 34.2 Å². The largest absolute Gasteiger partial charge is 0.367 e. The molecule has 0 saturated heterocycles. The molecule has 2 aromatic carbocycles. The number of rotatable bonds is 7. The van der Waals surface area contributed by atoms with Crippen molar-refractivity contribution in [3.63, 3.8) is 0 Å². The number of carbonyl (C=O) groups excluding carboxylic acids is 1. The second-order valence-electron chi connectivity index (χ2n) is 8.63. The van der Waals surface area contributed by atoms with Crippen molar-refractivity contribution in [3.05, 3.63) is 86.6 Å². The van der Waals surface area contributed by atoms with Gasteiger partial charge in [0.15, 0.2) is 0 Å². The normalized spacial score (nSPS) is 16.8. The van der Waals surface area contributed by atoms with E-state index in [-0.39, 0.29) is 11.7 Å². The average molecular weight is 549 g/mol. The number of dihydropyridines is 1. The fraction of sp³-hybridized carbons (Fsp3) is 0.296. The minimum absolute atomic E-state index is 0.146. The van der Waals surface area contributed by atoms with Gasteiger partial charge in [0.25, 0.3) is 0 Å². The predicted molar refractivity (Wildman–Crippen MR) is 142 cm³/mol. The van der Waals surface area contributed by atoms with Crippen molar-refractivity contribution >= 4 is 39.3 Å². The first-order valence-corrected chi connectivity index (χ1v) is 13.4. The smallest absolute Gasteiger partial charge is 0.234 e. The fourth-order valence-corrected chi connectivity index (χ4v) is 5.86. The van der Waals surface area contributed by atoms with Crippen LogP contribution in [-0.2, 0) is 11.3 Å². The quantitative estimate of drug-likeness (QED) is 0.396. The van der Waals surface area contributed by atoms with Crippen molar-refractivity contribution < 1.29 is 4.79 Å². The van der Waals surface area contributed by atoms with Crippen LogP contribution in [0.1, 0.15) is 37.7 Å². The van der Waals surface area contributed by atoms with Gasteiger partial charge in [-0.3, -0.25) is 4.79 Å². The van der Waals surface area contributed by atoms with Crippen molar-refractivity contribution in [3.8, 4) is 12.1 Å². The van der Waals surface area contributed by atoms with Crippen LogP contribution < -0.4 is 16.0 Å². The Morgan fingerprint density at radius 3 is 2.34 bits per heavy atom. The van der Waals surface area contributed by atoms with Crippen LogP contribution in [0.2, 0.25) is 0 Å². The Labute approximate surface area is 218 Å². The fourth-order valence-electron chi connectivity index (χ4n) is 4.69.